The van der Waals surface area contributed by atoms with E-state index >= 15 is 0 Å². The standard InChI is InChI=1S/C17H17N3O3S/c1-19-11-16(14-9-18-20(10-14)12-24(2,22)23)15(8-17(19)21)13-6-4-3-5-7-13/h3-11H,12H2,1-2H3. The quantitative estimate of drug-likeness (QED) is 0.725. The molecule has 0 fully saturated rings. The second-order valence-corrected chi connectivity index (χ2v) is 7.85. The number of nitrogens with zero attached hydrogens (tertiary/aromatic N) is 3. The molecule has 0 aliphatic heterocycles. The minimum absolute atomic E-state index is 0.110. The van der Waals surface area contributed by atoms with E-state index < -0.39 is 9.84 Å². The van der Waals surface area contributed by atoms with E-state index in [0.717, 1.165) is 28.5 Å². The van der Waals surface area contributed by atoms with Crippen molar-refractivity contribution in [2.45, 2.75) is 5.88 Å². The molecule has 0 radical (unpaired) electrons. The van der Waals surface area contributed by atoms with Gasteiger partial charge in [0.05, 0.1) is 6.20 Å². The molecule has 6 nitrogen and oxygen atoms in total. The van der Waals surface area contributed by atoms with Gasteiger partial charge in [-0.2, -0.15) is 5.10 Å². The fourth-order valence-electron chi connectivity index (χ4n) is 2.53. The average molecular weight is 343 g/mol. The number of benzene rings is 1. The van der Waals surface area contributed by atoms with Crippen molar-refractivity contribution in [2.75, 3.05) is 6.26 Å². The number of aromatic nitrogens is 3. The normalized spacial score (nSPS) is 11.6. The van der Waals surface area contributed by atoms with Gasteiger partial charge in [-0.05, 0) is 11.1 Å². The minimum Gasteiger partial charge on any atom is -0.318 e. The smallest absolute Gasteiger partial charge is 0.250 e. The monoisotopic (exact) mass is 343 g/mol. The Hall–Kier alpha value is -2.67. The lowest BCUT2D eigenvalue weighted by molar-refractivity contribution is 0.581. The zero-order valence-corrected chi connectivity index (χ0v) is 14.2. The van der Waals surface area contributed by atoms with E-state index in [1.165, 1.54) is 9.25 Å². The Morgan fingerprint density at radius 3 is 2.42 bits per heavy atom. The van der Waals surface area contributed by atoms with Crippen LogP contribution in [-0.2, 0) is 22.8 Å². The molecule has 0 unspecified atom stereocenters. The largest absolute Gasteiger partial charge is 0.318 e. The second kappa shape index (κ2) is 6.09. The Morgan fingerprint density at radius 2 is 1.75 bits per heavy atom. The maximum Gasteiger partial charge on any atom is 0.250 e. The second-order valence-electron chi connectivity index (χ2n) is 5.74. The number of hydrogen-bond acceptors (Lipinski definition) is 4. The van der Waals surface area contributed by atoms with Crippen LogP contribution in [0.4, 0.5) is 0 Å². The molecule has 7 heteroatoms. The van der Waals surface area contributed by atoms with Crippen LogP contribution in [0.1, 0.15) is 0 Å². The van der Waals surface area contributed by atoms with Gasteiger partial charge in [0.1, 0.15) is 5.88 Å². The predicted molar refractivity (Wildman–Crippen MR) is 93.2 cm³/mol. The van der Waals surface area contributed by atoms with E-state index in [1.54, 1.807) is 31.7 Å². The molecule has 0 N–H and O–H groups in total. The van der Waals surface area contributed by atoms with Crippen molar-refractivity contribution >= 4 is 9.84 Å². The van der Waals surface area contributed by atoms with Crippen LogP contribution >= 0.6 is 0 Å². The first kappa shape index (κ1) is 16.2. The SMILES string of the molecule is Cn1cc(-c2cnn(CS(C)(=O)=O)c2)c(-c2ccccc2)cc1=O. The van der Waals surface area contributed by atoms with Crippen molar-refractivity contribution in [3.63, 3.8) is 0 Å². The van der Waals surface area contributed by atoms with Crippen molar-refractivity contribution < 1.29 is 8.42 Å². The van der Waals surface area contributed by atoms with E-state index in [2.05, 4.69) is 5.10 Å². The third-order valence-corrected chi connectivity index (χ3v) is 4.36. The molecular formula is C17H17N3O3S. The van der Waals surface area contributed by atoms with Crippen LogP contribution in [0.5, 0.6) is 0 Å². The van der Waals surface area contributed by atoms with Crippen molar-refractivity contribution in [3.05, 3.63) is 65.3 Å². The van der Waals surface area contributed by atoms with Crippen LogP contribution in [0.15, 0.2) is 59.8 Å². The molecule has 0 atom stereocenters. The van der Waals surface area contributed by atoms with Crippen LogP contribution in [0.3, 0.4) is 0 Å². The summed E-state index contributed by atoms with van der Waals surface area (Å²) in [6.45, 7) is 0. The third kappa shape index (κ3) is 3.46. The fourth-order valence-corrected chi connectivity index (χ4v) is 3.15. The van der Waals surface area contributed by atoms with E-state index in [4.69, 9.17) is 0 Å². The summed E-state index contributed by atoms with van der Waals surface area (Å²) < 4.78 is 25.7. The maximum absolute atomic E-state index is 12.1. The van der Waals surface area contributed by atoms with E-state index in [9.17, 15) is 13.2 Å². The molecule has 124 valence electrons. The molecule has 0 saturated carbocycles. The highest BCUT2D eigenvalue weighted by Gasteiger charge is 2.13. The molecule has 24 heavy (non-hydrogen) atoms. The number of hydrogen-bond donors (Lipinski definition) is 0. The molecule has 1 aromatic carbocycles. The first-order valence-corrected chi connectivity index (χ1v) is 9.36. The summed E-state index contributed by atoms with van der Waals surface area (Å²) in [6.07, 6.45) is 6.19. The van der Waals surface area contributed by atoms with Crippen LogP contribution in [0.25, 0.3) is 22.3 Å². The van der Waals surface area contributed by atoms with Crippen LogP contribution in [0.2, 0.25) is 0 Å². The highest BCUT2D eigenvalue weighted by Crippen LogP contribution is 2.30. The lowest BCUT2D eigenvalue weighted by Gasteiger charge is -2.10. The summed E-state index contributed by atoms with van der Waals surface area (Å²) in [4.78, 5) is 12.1. The maximum atomic E-state index is 12.1. The van der Waals surface area contributed by atoms with Crippen molar-refractivity contribution in [3.8, 4) is 22.3 Å². The van der Waals surface area contributed by atoms with Gasteiger partial charge in [-0.3, -0.25) is 9.48 Å². The molecule has 0 saturated heterocycles. The molecule has 3 rings (SSSR count). The Morgan fingerprint density at radius 1 is 1.04 bits per heavy atom. The summed E-state index contributed by atoms with van der Waals surface area (Å²) in [7, 11) is -1.50. The van der Waals surface area contributed by atoms with E-state index in [1.807, 2.05) is 30.3 Å². The van der Waals surface area contributed by atoms with E-state index in [-0.39, 0.29) is 11.4 Å². The van der Waals surface area contributed by atoms with Gasteiger partial charge in [-0.25, -0.2) is 8.42 Å². The first-order chi connectivity index (χ1) is 11.3. The third-order valence-electron chi connectivity index (χ3n) is 3.62. The molecule has 0 aliphatic carbocycles. The topological polar surface area (TPSA) is 74.0 Å². The van der Waals surface area contributed by atoms with Crippen molar-refractivity contribution in [1.29, 1.82) is 0 Å². The van der Waals surface area contributed by atoms with Gasteiger partial charge in [0.15, 0.2) is 9.84 Å². The molecule has 0 aliphatic rings. The van der Waals surface area contributed by atoms with E-state index in [0.29, 0.717) is 0 Å². The number of pyridine rings is 1. The molecule has 0 spiro atoms. The van der Waals surface area contributed by atoms with Gasteiger partial charge in [-0.15, -0.1) is 0 Å². The summed E-state index contributed by atoms with van der Waals surface area (Å²) in [6, 6.07) is 11.2. The van der Waals surface area contributed by atoms with Gasteiger partial charge in [0.2, 0.25) is 0 Å². The zero-order valence-electron chi connectivity index (χ0n) is 13.4. The molecule has 3 aromatic rings. The first-order valence-electron chi connectivity index (χ1n) is 7.30. The molecule has 2 heterocycles. The Balaban J connectivity index is 2.14. The Bertz CT molecular complexity index is 1030. The van der Waals surface area contributed by atoms with Gasteiger partial charge < -0.3 is 4.57 Å². The average Bonchev–Trinajstić information content (AvgIpc) is 2.96. The lowest BCUT2D eigenvalue weighted by Crippen LogP contribution is -2.15. The molecule has 2 aromatic heterocycles. The summed E-state index contributed by atoms with van der Waals surface area (Å²) in [5.74, 6) is -0.181. The number of rotatable bonds is 4. The Kier molecular flexibility index (Phi) is 4.11. The summed E-state index contributed by atoms with van der Waals surface area (Å²) in [5.41, 5.74) is 3.18. The van der Waals surface area contributed by atoms with Gasteiger partial charge in [0.25, 0.3) is 5.56 Å². The van der Waals surface area contributed by atoms with Crippen molar-refractivity contribution in [1.82, 2.24) is 14.3 Å². The lowest BCUT2D eigenvalue weighted by atomic mass is 9.98. The summed E-state index contributed by atoms with van der Waals surface area (Å²) >= 11 is 0. The van der Waals surface area contributed by atoms with Gasteiger partial charge in [-0.1, -0.05) is 30.3 Å². The van der Waals surface area contributed by atoms with Crippen LogP contribution < -0.4 is 5.56 Å². The van der Waals surface area contributed by atoms with Crippen LogP contribution in [0, 0.1) is 0 Å². The summed E-state index contributed by atoms with van der Waals surface area (Å²) in [5, 5.41) is 4.11. The molecular weight excluding hydrogens is 326 g/mol. The minimum atomic E-state index is -3.18. The predicted octanol–water partition coefficient (Wildman–Crippen LogP) is 1.92. The fraction of sp³-hybridized carbons (Fsp3) is 0.176. The Labute approximate surface area is 139 Å². The van der Waals surface area contributed by atoms with Crippen molar-refractivity contribution in [2.24, 2.45) is 7.05 Å². The molecule has 0 amide bonds. The highest BCUT2D eigenvalue weighted by atomic mass is 32.2. The van der Waals surface area contributed by atoms with Gasteiger partial charge >= 0.3 is 0 Å². The zero-order chi connectivity index (χ0) is 17.3. The number of aryl methyl sites for hydroxylation is 1. The molecule has 0 bridgehead atoms. The highest BCUT2D eigenvalue weighted by molar-refractivity contribution is 7.89. The van der Waals surface area contributed by atoms with Gasteiger partial charge in [0, 0.05) is 42.9 Å². The van der Waals surface area contributed by atoms with Crippen LogP contribution in [-0.4, -0.2) is 29.0 Å². The number of sulfone groups is 1.